The second-order valence-corrected chi connectivity index (χ2v) is 3.16. The number of allylic oxidation sites excluding steroid dienone is 1. The maximum Gasteiger partial charge on any atom is 0.142 e. The lowest BCUT2D eigenvalue weighted by Gasteiger charge is -2.18. The van der Waals surface area contributed by atoms with Crippen molar-refractivity contribution in [3.63, 3.8) is 0 Å². The Hall–Kier alpha value is -0.630. The molecule has 2 nitrogen and oxygen atoms in total. The van der Waals surface area contributed by atoms with Crippen molar-refractivity contribution in [3.05, 3.63) is 12.7 Å². The number of hydrogen-bond donors (Lipinski definition) is 1. The van der Waals surface area contributed by atoms with Crippen LogP contribution in [0.25, 0.3) is 0 Å². The quantitative estimate of drug-likeness (QED) is 0.509. The molecule has 12 heavy (non-hydrogen) atoms. The van der Waals surface area contributed by atoms with E-state index < -0.39 is 0 Å². The van der Waals surface area contributed by atoms with Gasteiger partial charge in [-0.2, -0.15) is 0 Å². The molecule has 1 rings (SSSR count). The van der Waals surface area contributed by atoms with E-state index >= 15 is 0 Å². The monoisotopic (exact) mass is 170 g/mol. The van der Waals surface area contributed by atoms with Gasteiger partial charge >= 0.3 is 0 Å². The number of carbonyl (C=O) groups excluding carboxylic acids is 1. The molecule has 0 bridgehead atoms. The summed E-state index contributed by atoms with van der Waals surface area (Å²) in [6, 6.07) is 0. The third kappa shape index (κ3) is 4.29. The van der Waals surface area contributed by atoms with Crippen molar-refractivity contribution < 1.29 is 9.90 Å². The molecule has 0 amide bonds. The number of hydrogen-bond acceptors (Lipinski definition) is 2. The highest BCUT2D eigenvalue weighted by atomic mass is 16.3. The fourth-order valence-electron chi connectivity index (χ4n) is 1.39. The largest absolute Gasteiger partial charge is 0.390 e. The summed E-state index contributed by atoms with van der Waals surface area (Å²) in [4.78, 5) is 9.06. The summed E-state index contributed by atoms with van der Waals surface area (Å²) < 4.78 is 0. The van der Waals surface area contributed by atoms with Crippen LogP contribution < -0.4 is 0 Å². The fourth-order valence-corrected chi connectivity index (χ4v) is 1.39. The van der Waals surface area contributed by atoms with Gasteiger partial charge in [0, 0.05) is 0 Å². The molecule has 2 heteroatoms. The molecule has 1 aliphatic carbocycles. The molecular weight excluding hydrogens is 152 g/mol. The maximum atomic E-state index is 9.50. The van der Waals surface area contributed by atoms with Crippen molar-refractivity contribution in [1.29, 1.82) is 0 Å². The first-order valence-electron chi connectivity index (χ1n) is 4.47. The molecule has 1 N–H and O–H groups in total. The molecule has 1 fully saturated rings. The Morgan fingerprint density at radius 1 is 1.50 bits per heavy atom. The van der Waals surface area contributed by atoms with Crippen LogP contribution in [-0.2, 0) is 4.79 Å². The molecule has 0 spiro atoms. The van der Waals surface area contributed by atoms with E-state index in [1.165, 1.54) is 18.9 Å². The first kappa shape index (κ1) is 11.4. The van der Waals surface area contributed by atoms with Gasteiger partial charge in [-0.15, -0.1) is 0 Å². The van der Waals surface area contributed by atoms with Crippen molar-refractivity contribution in [2.45, 2.75) is 44.6 Å². The highest BCUT2D eigenvalue weighted by Gasteiger charge is 2.28. The van der Waals surface area contributed by atoms with Crippen LogP contribution in [0.5, 0.6) is 0 Å². The van der Waals surface area contributed by atoms with Gasteiger partial charge in [-0.3, -0.25) is 4.79 Å². The lowest BCUT2D eigenvalue weighted by molar-refractivity contribution is -0.104. The first-order valence-corrected chi connectivity index (χ1v) is 4.47. The van der Waals surface area contributed by atoms with Crippen LogP contribution in [0, 0.1) is 0 Å². The molecule has 0 saturated heterocycles. The predicted octanol–water partition coefficient (Wildman–Crippen LogP) is 2.07. The molecule has 1 saturated carbocycles. The lowest BCUT2D eigenvalue weighted by Crippen LogP contribution is -2.21. The molecule has 1 aliphatic rings. The van der Waals surface area contributed by atoms with Gasteiger partial charge in [0.05, 0.1) is 5.60 Å². The third-order valence-corrected chi connectivity index (χ3v) is 2.29. The van der Waals surface area contributed by atoms with Gasteiger partial charge in [0.1, 0.15) is 6.29 Å². The number of rotatable bonds is 2. The minimum atomic E-state index is -0.264. The molecule has 0 heterocycles. The van der Waals surface area contributed by atoms with Crippen LogP contribution in [0.3, 0.4) is 0 Å². The molecule has 0 unspecified atom stereocenters. The topological polar surface area (TPSA) is 37.3 Å². The normalized spacial score (nSPS) is 19.2. The third-order valence-electron chi connectivity index (χ3n) is 2.29. The zero-order valence-corrected chi connectivity index (χ0v) is 7.75. The number of carbonyl (C=O) groups is 1. The summed E-state index contributed by atoms with van der Waals surface area (Å²) in [7, 11) is 0. The van der Waals surface area contributed by atoms with E-state index in [1.54, 1.807) is 0 Å². The lowest BCUT2D eigenvalue weighted by atomic mass is 10.00. The van der Waals surface area contributed by atoms with Crippen LogP contribution in [0.15, 0.2) is 12.7 Å². The average Bonchev–Trinajstić information content (AvgIpc) is 2.54. The van der Waals surface area contributed by atoms with E-state index in [0.717, 1.165) is 19.3 Å². The van der Waals surface area contributed by atoms with Crippen molar-refractivity contribution in [3.8, 4) is 0 Å². The van der Waals surface area contributed by atoms with E-state index in [9.17, 15) is 5.11 Å². The molecule has 0 atom stereocenters. The summed E-state index contributed by atoms with van der Waals surface area (Å²) in [6.07, 6.45) is 7.29. The molecule has 0 aliphatic heterocycles. The van der Waals surface area contributed by atoms with Crippen LogP contribution in [0.2, 0.25) is 0 Å². The van der Waals surface area contributed by atoms with E-state index in [4.69, 9.17) is 4.79 Å². The molecule has 0 aromatic carbocycles. The maximum absolute atomic E-state index is 9.50. The van der Waals surface area contributed by atoms with Gasteiger partial charge < -0.3 is 5.11 Å². The fraction of sp³-hybridized carbons (Fsp3) is 0.700. The van der Waals surface area contributed by atoms with Crippen molar-refractivity contribution in [1.82, 2.24) is 0 Å². The van der Waals surface area contributed by atoms with E-state index in [2.05, 4.69) is 13.5 Å². The van der Waals surface area contributed by atoms with Crippen LogP contribution in [0.4, 0.5) is 0 Å². The Labute approximate surface area is 74.3 Å². The van der Waals surface area contributed by atoms with Gasteiger partial charge in [-0.05, 0) is 25.3 Å². The number of aliphatic hydroxyl groups is 1. The van der Waals surface area contributed by atoms with E-state index in [0.29, 0.717) is 6.29 Å². The minimum Gasteiger partial charge on any atom is -0.390 e. The molecule has 70 valence electrons. The Balaban J connectivity index is 0.000000261. The van der Waals surface area contributed by atoms with Gasteiger partial charge in [0.15, 0.2) is 0 Å². The molecule has 0 aromatic heterocycles. The summed E-state index contributed by atoms with van der Waals surface area (Å²) >= 11 is 0. The highest BCUT2D eigenvalue weighted by Crippen LogP contribution is 2.31. The van der Waals surface area contributed by atoms with Crippen LogP contribution in [0.1, 0.15) is 39.0 Å². The molecule has 0 radical (unpaired) electrons. The molecular formula is C10H18O2. The predicted molar refractivity (Wildman–Crippen MR) is 50.0 cm³/mol. The minimum absolute atomic E-state index is 0.264. The second-order valence-electron chi connectivity index (χ2n) is 3.16. The second kappa shape index (κ2) is 5.95. The van der Waals surface area contributed by atoms with Crippen molar-refractivity contribution in [2.24, 2.45) is 0 Å². The smallest absolute Gasteiger partial charge is 0.142 e. The Bertz CT molecular complexity index is 129. The van der Waals surface area contributed by atoms with Gasteiger partial charge in [-0.1, -0.05) is 26.3 Å². The summed E-state index contributed by atoms with van der Waals surface area (Å²) in [6.45, 7) is 5.17. The number of aldehydes is 1. The van der Waals surface area contributed by atoms with Crippen LogP contribution >= 0.6 is 0 Å². The Morgan fingerprint density at radius 3 is 2.08 bits per heavy atom. The van der Waals surface area contributed by atoms with Crippen molar-refractivity contribution in [2.75, 3.05) is 0 Å². The van der Waals surface area contributed by atoms with E-state index in [-0.39, 0.29) is 5.60 Å². The van der Waals surface area contributed by atoms with Crippen LogP contribution in [-0.4, -0.2) is 17.0 Å². The summed E-state index contributed by atoms with van der Waals surface area (Å²) in [5, 5.41) is 9.50. The zero-order valence-electron chi connectivity index (χ0n) is 7.75. The summed E-state index contributed by atoms with van der Waals surface area (Å²) in [5.74, 6) is 0. The average molecular weight is 170 g/mol. The van der Waals surface area contributed by atoms with Gasteiger partial charge in [0.25, 0.3) is 0 Å². The van der Waals surface area contributed by atoms with Crippen molar-refractivity contribution >= 4 is 6.29 Å². The summed E-state index contributed by atoms with van der Waals surface area (Å²) in [5.41, 5.74) is -0.264. The van der Waals surface area contributed by atoms with Gasteiger partial charge in [-0.25, -0.2) is 0 Å². The zero-order chi connectivity index (χ0) is 9.45. The SMILES string of the molecule is C=CC=O.CCC1(O)CCCC1. The standard InChI is InChI=1S/C7H14O.C3H4O/c1-2-7(8)5-3-4-6-7;1-2-3-4/h8H,2-6H2,1H3;2-3H,1H2. The van der Waals surface area contributed by atoms with E-state index in [1.807, 2.05) is 0 Å². The Morgan fingerprint density at radius 2 is 1.92 bits per heavy atom. The molecule has 0 aromatic rings. The van der Waals surface area contributed by atoms with Gasteiger partial charge in [0.2, 0.25) is 0 Å². The Kier molecular flexibility index (Phi) is 5.64. The highest BCUT2D eigenvalue weighted by molar-refractivity contribution is 5.63. The first-order chi connectivity index (χ1) is 5.68.